The van der Waals surface area contributed by atoms with Crippen molar-refractivity contribution in [3.05, 3.63) is 30.1 Å². The van der Waals surface area contributed by atoms with Crippen LogP contribution in [0.3, 0.4) is 0 Å². The van der Waals surface area contributed by atoms with Gasteiger partial charge in [0.1, 0.15) is 11.6 Å². The lowest BCUT2D eigenvalue weighted by atomic mass is 9.95. The molecule has 164 valence electrons. The fourth-order valence-electron chi connectivity index (χ4n) is 2.25. The summed E-state index contributed by atoms with van der Waals surface area (Å²) in [6, 6.07) is 2.66. The maximum Gasteiger partial charge on any atom is 0.423 e. The number of carbonyl (C=O) groups is 2. The Morgan fingerprint density at radius 3 is 2.38 bits per heavy atom. The van der Waals surface area contributed by atoms with Gasteiger partial charge in [-0.15, -0.1) is 0 Å². The van der Waals surface area contributed by atoms with Gasteiger partial charge in [0.15, 0.2) is 0 Å². The number of carboxylic acid groups (broad SMARTS) is 1. The summed E-state index contributed by atoms with van der Waals surface area (Å²) < 4.78 is 45.1. The van der Waals surface area contributed by atoms with Crippen molar-refractivity contribution in [2.24, 2.45) is 0 Å². The molecule has 29 heavy (non-hydrogen) atoms. The minimum Gasteiger partial charge on any atom is -0.480 e. The normalized spacial score (nSPS) is 15.3. The van der Waals surface area contributed by atoms with E-state index in [2.05, 4.69) is 10.3 Å². The number of alkyl carbamates (subject to hydrolysis) is 1. The lowest BCUT2D eigenvalue weighted by Crippen LogP contribution is -2.44. The molecule has 1 unspecified atom stereocenters. The van der Waals surface area contributed by atoms with E-state index < -0.39 is 47.6 Å². The van der Waals surface area contributed by atoms with Crippen molar-refractivity contribution in [2.45, 2.75) is 57.0 Å². The second-order valence-corrected chi connectivity index (χ2v) is 8.49. The quantitative estimate of drug-likeness (QED) is 0.508. The van der Waals surface area contributed by atoms with Crippen LogP contribution in [0, 0.1) is 0 Å². The number of ether oxygens (including phenoxy) is 1. The van der Waals surface area contributed by atoms with E-state index in [0.29, 0.717) is 0 Å². The van der Waals surface area contributed by atoms with Crippen molar-refractivity contribution in [1.29, 1.82) is 0 Å². The Kier molecular flexibility index (Phi) is 8.76. The van der Waals surface area contributed by atoms with E-state index in [1.807, 2.05) is 0 Å². The first-order valence-corrected chi connectivity index (χ1v) is 9.92. The SMILES string of the molecule is CC(C)(C)OC(=O)N[C@@H](CCSCCC(O)(c1ccccn1)C(F)(F)F)C(=O)O. The summed E-state index contributed by atoms with van der Waals surface area (Å²) in [6.45, 7) is 4.88. The van der Waals surface area contributed by atoms with Gasteiger partial charge in [-0.2, -0.15) is 24.9 Å². The number of nitrogens with one attached hydrogen (secondary N) is 1. The molecule has 0 aromatic carbocycles. The zero-order valence-corrected chi connectivity index (χ0v) is 17.1. The summed E-state index contributed by atoms with van der Waals surface area (Å²) in [5.74, 6) is -1.22. The molecular weight excluding hydrogens is 413 g/mol. The number of halogens is 3. The number of carbonyl (C=O) groups excluding carboxylic acids is 1. The van der Waals surface area contributed by atoms with Gasteiger partial charge in [-0.25, -0.2) is 9.59 Å². The molecule has 2 atom stereocenters. The first-order chi connectivity index (χ1) is 13.3. The number of rotatable bonds is 9. The zero-order valence-electron chi connectivity index (χ0n) is 16.3. The predicted octanol–water partition coefficient (Wildman–Crippen LogP) is 3.32. The second-order valence-electron chi connectivity index (χ2n) is 7.26. The molecule has 0 fully saturated rings. The number of hydrogen-bond acceptors (Lipinski definition) is 6. The van der Waals surface area contributed by atoms with Crippen LogP contribution in [0.15, 0.2) is 24.4 Å². The topological polar surface area (TPSA) is 109 Å². The number of thioether (sulfide) groups is 1. The molecule has 1 aromatic rings. The van der Waals surface area contributed by atoms with Gasteiger partial charge >= 0.3 is 18.2 Å². The smallest absolute Gasteiger partial charge is 0.423 e. The van der Waals surface area contributed by atoms with Gasteiger partial charge in [-0.1, -0.05) is 6.07 Å². The first-order valence-electron chi connectivity index (χ1n) is 8.77. The fraction of sp³-hybridized carbons (Fsp3) is 0.611. The predicted molar refractivity (Wildman–Crippen MR) is 102 cm³/mol. The third kappa shape index (κ3) is 8.09. The third-order valence-electron chi connectivity index (χ3n) is 3.71. The molecule has 0 radical (unpaired) electrons. The largest absolute Gasteiger partial charge is 0.480 e. The van der Waals surface area contributed by atoms with Crippen molar-refractivity contribution in [1.82, 2.24) is 10.3 Å². The van der Waals surface area contributed by atoms with Crippen LogP contribution < -0.4 is 5.32 Å². The Hall–Kier alpha value is -2.01. The van der Waals surface area contributed by atoms with Crippen LogP contribution in [0.1, 0.15) is 39.3 Å². The summed E-state index contributed by atoms with van der Waals surface area (Å²) in [5.41, 5.74) is -4.39. The lowest BCUT2D eigenvalue weighted by Gasteiger charge is -2.29. The van der Waals surface area contributed by atoms with Crippen LogP contribution in [0.4, 0.5) is 18.0 Å². The van der Waals surface area contributed by atoms with E-state index >= 15 is 0 Å². The van der Waals surface area contributed by atoms with Crippen molar-refractivity contribution < 1.29 is 37.7 Å². The fourth-order valence-corrected chi connectivity index (χ4v) is 3.30. The number of aliphatic carboxylic acids is 1. The number of pyridine rings is 1. The Morgan fingerprint density at radius 2 is 1.90 bits per heavy atom. The van der Waals surface area contributed by atoms with E-state index in [0.717, 1.165) is 17.8 Å². The monoisotopic (exact) mass is 438 g/mol. The minimum absolute atomic E-state index is 0.0206. The molecule has 0 aliphatic rings. The molecule has 11 heteroatoms. The third-order valence-corrected chi connectivity index (χ3v) is 4.72. The molecule has 0 saturated carbocycles. The van der Waals surface area contributed by atoms with Crippen molar-refractivity contribution in [3.8, 4) is 0 Å². The van der Waals surface area contributed by atoms with E-state index in [1.54, 1.807) is 20.8 Å². The molecule has 0 bridgehead atoms. The van der Waals surface area contributed by atoms with E-state index in [9.17, 15) is 33.0 Å². The number of alkyl halides is 3. The average Bonchev–Trinajstić information content (AvgIpc) is 2.58. The second kappa shape index (κ2) is 10.1. The Balaban J connectivity index is 2.58. The van der Waals surface area contributed by atoms with Crippen molar-refractivity contribution >= 4 is 23.8 Å². The van der Waals surface area contributed by atoms with Gasteiger partial charge in [0.05, 0.1) is 5.69 Å². The molecule has 7 nitrogen and oxygen atoms in total. The molecule has 3 N–H and O–H groups in total. The highest BCUT2D eigenvalue weighted by molar-refractivity contribution is 7.99. The standard InChI is InChI=1S/C18H25F3N2O5S/c1-16(2,3)28-15(26)23-12(14(24)25)7-10-29-11-8-17(27,18(19,20)21)13-6-4-5-9-22-13/h4-6,9,12,27H,7-8,10-11H2,1-3H3,(H,23,26)(H,24,25)/t12-,17?/m0/s1. The molecule has 1 amide bonds. The number of hydrogen-bond donors (Lipinski definition) is 3. The van der Waals surface area contributed by atoms with Gasteiger partial charge in [0, 0.05) is 6.20 Å². The van der Waals surface area contributed by atoms with Crippen LogP contribution in [0.25, 0.3) is 0 Å². The zero-order chi connectivity index (χ0) is 22.3. The first kappa shape index (κ1) is 25.0. The van der Waals surface area contributed by atoms with E-state index in [-0.39, 0.29) is 17.9 Å². The minimum atomic E-state index is -4.91. The highest BCUT2D eigenvalue weighted by Crippen LogP contribution is 2.41. The average molecular weight is 438 g/mol. The molecule has 1 rings (SSSR count). The van der Waals surface area contributed by atoms with Crippen LogP contribution in [0.2, 0.25) is 0 Å². The molecule has 1 aromatic heterocycles. The number of aromatic nitrogens is 1. The Labute approximate surface area is 171 Å². The van der Waals surface area contributed by atoms with Crippen LogP contribution in [0.5, 0.6) is 0 Å². The van der Waals surface area contributed by atoms with Crippen LogP contribution in [-0.4, -0.2) is 56.6 Å². The van der Waals surface area contributed by atoms with Crippen LogP contribution in [-0.2, 0) is 15.1 Å². The number of nitrogens with zero attached hydrogens (tertiary/aromatic N) is 1. The van der Waals surface area contributed by atoms with Crippen molar-refractivity contribution in [3.63, 3.8) is 0 Å². The van der Waals surface area contributed by atoms with E-state index in [1.165, 1.54) is 18.3 Å². The Bertz CT molecular complexity index is 682. The highest BCUT2D eigenvalue weighted by Gasteiger charge is 2.55. The summed E-state index contributed by atoms with van der Waals surface area (Å²) in [7, 11) is 0. The van der Waals surface area contributed by atoms with Crippen LogP contribution >= 0.6 is 11.8 Å². The molecule has 0 spiro atoms. The molecule has 0 saturated heterocycles. The maximum atomic E-state index is 13.4. The van der Waals surface area contributed by atoms with Crippen molar-refractivity contribution in [2.75, 3.05) is 11.5 Å². The Morgan fingerprint density at radius 1 is 1.24 bits per heavy atom. The summed E-state index contributed by atoms with van der Waals surface area (Å²) in [6.07, 6.45) is -5.30. The molecular formula is C18H25F3N2O5S. The van der Waals surface area contributed by atoms with Gasteiger partial charge in [0.2, 0.25) is 5.60 Å². The summed E-state index contributed by atoms with van der Waals surface area (Å²) >= 11 is 1.03. The van der Waals surface area contributed by atoms with Gasteiger partial charge in [0.25, 0.3) is 0 Å². The van der Waals surface area contributed by atoms with Gasteiger partial charge < -0.3 is 20.3 Å². The van der Waals surface area contributed by atoms with Gasteiger partial charge in [-0.3, -0.25) is 4.98 Å². The summed E-state index contributed by atoms with van der Waals surface area (Å²) in [4.78, 5) is 26.6. The number of aliphatic hydroxyl groups is 1. The lowest BCUT2D eigenvalue weighted by molar-refractivity contribution is -0.268. The molecule has 1 heterocycles. The molecule has 0 aliphatic carbocycles. The number of amides is 1. The maximum absolute atomic E-state index is 13.4. The van der Waals surface area contributed by atoms with Gasteiger partial charge in [-0.05, 0) is 57.3 Å². The van der Waals surface area contributed by atoms with E-state index in [4.69, 9.17) is 4.74 Å². The summed E-state index contributed by atoms with van der Waals surface area (Å²) in [5, 5.41) is 21.6. The highest BCUT2D eigenvalue weighted by atomic mass is 32.2. The number of carboxylic acids is 1. The molecule has 0 aliphatic heterocycles.